The molecular weight excluding hydrogens is 896 g/mol. The van der Waals surface area contributed by atoms with Crippen LogP contribution in [0.1, 0.15) is 21.0 Å². The molecule has 63 heavy (non-hydrogen) atoms. The van der Waals surface area contributed by atoms with E-state index in [4.69, 9.17) is 55.0 Å². The number of hydrogen-bond donors (Lipinski definition) is 5. The number of sulfone groups is 2. The Hall–Kier alpha value is -6.22. The fourth-order valence-electron chi connectivity index (χ4n) is 5.83. The zero-order valence-electron chi connectivity index (χ0n) is 33.1. The van der Waals surface area contributed by atoms with E-state index in [2.05, 4.69) is 25.3 Å². The summed E-state index contributed by atoms with van der Waals surface area (Å²) in [5.41, 5.74) is 19.8. The van der Waals surface area contributed by atoms with Gasteiger partial charge in [-0.05, 0) is 72.8 Å². The van der Waals surface area contributed by atoms with Gasteiger partial charge in [-0.1, -0.05) is 47.5 Å². The molecule has 1 amide bonds. The SMILES string of the molecule is Nc1ccc(S(=O)(=O)CC2COC2)cc1.Nc1ncc(-c2ccc(Cl)cc2)nc1C(=O)Nc1ccc(S(=O)(=O)CC2COC2)cc1.Nc1ncc(-c2ccc(Cl)cc2)nc1C(=O)O. The summed E-state index contributed by atoms with van der Waals surface area (Å²) in [4.78, 5) is 40.2. The second-order valence-electron chi connectivity index (χ2n) is 14.2. The number of ether oxygens (including phenoxy) is 2. The second-order valence-corrected chi connectivity index (χ2v) is 19.2. The van der Waals surface area contributed by atoms with Crippen molar-refractivity contribution in [3.63, 3.8) is 0 Å². The van der Waals surface area contributed by atoms with Crippen LogP contribution < -0.4 is 22.5 Å². The molecule has 2 aliphatic rings. The zero-order chi connectivity index (χ0) is 45.3. The number of benzene rings is 4. The number of carbonyl (C=O) groups is 2. The molecule has 8 N–H and O–H groups in total. The number of carboxylic acid groups (broad SMARTS) is 1. The zero-order valence-corrected chi connectivity index (χ0v) is 36.2. The van der Waals surface area contributed by atoms with Crippen molar-refractivity contribution in [1.29, 1.82) is 0 Å². The Morgan fingerprint density at radius 3 is 1.41 bits per heavy atom. The van der Waals surface area contributed by atoms with Crippen molar-refractivity contribution < 1.29 is 41.0 Å². The average molecular weight is 936 g/mol. The molecule has 2 aliphatic heterocycles. The van der Waals surface area contributed by atoms with E-state index < -0.39 is 31.6 Å². The highest BCUT2D eigenvalue weighted by Crippen LogP contribution is 2.25. The molecule has 8 rings (SSSR count). The summed E-state index contributed by atoms with van der Waals surface area (Å²) in [5.74, 6) is -1.49. The van der Waals surface area contributed by atoms with Crippen LogP contribution in [0.2, 0.25) is 10.0 Å². The topological polar surface area (TPSA) is 283 Å². The van der Waals surface area contributed by atoms with Crippen LogP contribution in [0.25, 0.3) is 22.5 Å². The molecule has 0 spiro atoms. The van der Waals surface area contributed by atoms with E-state index in [9.17, 15) is 26.4 Å². The number of carboxylic acids is 1. The van der Waals surface area contributed by atoms with Crippen LogP contribution in [0.3, 0.4) is 0 Å². The maximum atomic E-state index is 12.7. The van der Waals surface area contributed by atoms with Gasteiger partial charge >= 0.3 is 5.97 Å². The summed E-state index contributed by atoms with van der Waals surface area (Å²) < 4.78 is 58.6. The van der Waals surface area contributed by atoms with E-state index in [0.717, 1.165) is 11.1 Å². The van der Waals surface area contributed by atoms with Crippen molar-refractivity contribution in [3.05, 3.63) is 131 Å². The van der Waals surface area contributed by atoms with Gasteiger partial charge in [0.25, 0.3) is 5.91 Å². The summed E-state index contributed by atoms with van der Waals surface area (Å²) >= 11 is 11.7. The van der Waals surface area contributed by atoms with E-state index in [1.807, 2.05) is 0 Å². The number of rotatable bonds is 11. The Bertz CT molecular complexity index is 2800. The van der Waals surface area contributed by atoms with Crippen LogP contribution >= 0.6 is 23.2 Å². The lowest BCUT2D eigenvalue weighted by Crippen LogP contribution is -2.33. The van der Waals surface area contributed by atoms with Gasteiger partial charge < -0.3 is 37.1 Å². The van der Waals surface area contributed by atoms with Gasteiger partial charge in [-0.25, -0.2) is 41.6 Å². The molecule has 0 bridgehead atoms. The lowest BCUT2D eigenvalue weighted by atomic mass is 10.1. The minimum absolute atomic E-state index is 0.0165. The van der Waals surface area contributed by atoms with Gasteiger partial charge in [0, 0.05) is 44.4 Å². The van der Waals surface area contributed by atoms with Gasteiger partial charge in [-0.2, -0.15) is 0 Å². The van der Waals surface area contributed by atoms with Gasteiger partial charge in [0.15, 0.2) is 42.7 Å². The molecule has 328 valence electrons. The Morgan fingerprint density at radius 2 is 1.02 bits per heavy atom. The maximum Gasteiger partial charge on any atom is 0.358 e. The molecular formula is C42H40Cl2N8O9S2. The van der Waals surface area contributed by atoms with Crippen LogP contribution in [0.4, 0.5) is 23.0 Å². The van der Waals surface area contributed by atoms with Crippen molar-refractivity contribution in [1.82, 2.24) is 19.9 Å². The normalized spacial score (nSPS) is 13.8. The van der Waals surface area contributed by atoms with Gasteiger partial charge in [0.1, 0.15) is 0 Å². The lowest BCUT2D eigenvalue weighted by Gasteiger charge is -2.25. The van der Waals surface area contributed by atoms with Crippen molar-refractivity contribution >= 4 is 77.8 Å². The number of amides is 1. The molecule has 0 saturated carbocycles. The second kappa shape index (κ2) is 20.3. The summed E-state index contributed by atoms with van der Waals surface area (Å²) in [6.45, 7) is 2.03. The number of anilines is 4. The molecule has 21 heteroatoms. The molecule has 0 unspecified atom stereocenters. The number of hydrogen-bond acceptors (Lipinski definition) is 15. The standard InChI is InChI=1S/C21H19ClN4O4S.C11H8ClN3O2.C10H13NO3S/c22-15-3-1-14(2-4-15)18-9-24-20(23)19(26-18)21(27)25-16-5-7-17(8-6-16)31(28,29)12-13-10-30-11-13;12-7-3-1-6(2-4-7)8-5-14-10(13)9(15-8)11(16)17;11-9-1-3-10(4-2-9)15(12,13)7-8-5-14-6-8/h1-9,13H,10-12H2,(H2,23,24)(H,25,27);1-5H,(H2,13,14)(H,16,17);1-4,8H,5-7,11H2. The van der Waals surface area contributed by atoms with E-state index in [-0.39, 0.29) is 51.3 Å². The highest BCUT2D eigenvalue weighted by Gasteiger charge is 2.28. The number of nitrogens with two attached hydrogens (primary N) is 3. The van der Waals surface area contributed by atoms with Gasteiger partial charge in [-0.3, -0.25) is 4.79 Å². The number of aromatic carboxylic acids is 1. The first kappa shape index (κ1) is 46.3. The third kappa shape index (κ3) is 12.5. The minimum Gasteiger partial charge on any atom is -0.476 e. The van der Waals surface area contributed by atoms with Gasteiger partial charge in [0.05, 0.1) is 71.5 Å². The molecule has 2 fully saturated rings. The minimum atomic E-state index is -3.41. The van der Waals surface area contributed by atoms with Crippen molar-refractivity contribution in [2.45, 2.75) is 9.79 Å². The number of nitrogen functional groups attached to an aromatic ring is 3. The van der Waals surface area contributed by atoms with Crippen LogP contribution in [-0.4, -0.2) is 91.7 Å². The average Bonchev–Trinajstić information content (AvgIpc) is 3.22. The Labute approximate surface area is 372 Å². The smallest absolute Gasteiger partial charge is 0.358 e. The predicted octanol–water partition coefficient (Wildman–Crippen LogP) is 5.82. The fraction of sp³-hybridized carbons (Fsp3) is 0.190. The van der Waals surface area contributed by atoms with Crippen LogP contribution in [0.5, 0.6) is 0 Å². The molecule has 2 aromatic heterocycles. The number of nitrogens with one attached hydrogen (secondary N) is 1. The monoisotopic (exact) mass is 934 g/mol. The van der Waals surface area contributed by atoms with Crippen molar-refractivity contribution in [2.24, 2.45) is 11.8 Å². The van der Waals surface area contributed by atoms with E-state index in [0.29, 0.717) is 64.1 Å². The molecule has 0 atom stereocenters. The Balaban J connectivity index is 0.000000174. The van der Waals surface area contributed by atoms with Crippen LogP contribution in [0, 0.1) is 11.8 Å². The molecule has 0 aliphatic carbocycles. The first-order chi connectivity index (χ1) is 30.0. The van der Waals surface area contributed by atoms with E-state index in [1.54, 1.807) is 72.8 Å². The highest BCUT2D eigenvalue weighted by molar-refractivity contribution is 7.91. The molecule has 6 aromatic rings. The molecule has 0 radical (unpaired) electrons. The molecule has 17 nitrogen and oxygen atoms in total. The van der Waals surface area contributed by atoms with E-state index in [1.165, 1.54) is 36.7 Å². The van der Waals surface area contributed by atoms with Crippen LogP contribution in [0.15, 0.2) is 119 Å². The number of halogens is 2. The Morgan fingerprint density at radius 1 is 0.619 bits per heavy atom. The fourth-order valence-corrected chi connectivity index (χ4v) is 9.19. The van der Waals surface area contributed by atoms with Crippen molar-refractivity contribution in [3.8, 4) is 22.5 Å². The van der Waals surface area contributed by atoms with Gasteiger partial charge in [-0.15, -0.1) is 0 Å². The number of aromatic nitrogens is 4. The third-order valence-corrected chi connectivity index (χ3v) is 13.6. The van der Waals surface area contributed by atoms with Crippen LogP contribution in [-0.2, 0) is 29.1 Å². The van der Waals surface area contributed by atoms with Crippen molar-refractivity contribution in [2.75, 3.05) is 60.5 Å². The largest absolute Gasteiger partial charge is 0.476 e. The number of nitrogens with zero attached hydrogens (tertiary/aromatic N) is 4. The number of carbonyl (C=O) groups excluding carboxylic acids is 1. The predicted molar refractivity (Wildman–Crippen MR) is 239 cm³/mol. The summed E-state index contributed by atoms with van der Waals surface area (Å²) in [5, 5.41) is 12.7. The first-order valence-electron chi connectivity index (χ1n) is 18.9. The summed E-state index contributed by atoms with van der Waals surface area (Å²) in [7, 11) is -6.58. The summed E-state index contributed by atoms with van der Waals surface area (Å²) in [6.07, 6.45) is 2.90. The Kier molecular flexibility index (Phi) is 14.9. The first-order valence-corrected chi connectivity index (χ1v) is 22.9. The lowest BCUT2D eigenvalue weighted by molar-refractivity contribution is -0.0204. The third-order valence-electron chi connectivity index (χ3n) is 9.33. The van der Waals surface area contributed by atoms with Gasteiger partial charge in [0.2, 0.25) is 0 Å². The maximum absolute atomic E-state index is 12.7. The molecule has 4 heterocycles. The van der Waals surface area contributed by atoms with E-state index >= 15 is 0 Å². The quantitative estimate of drug-likeness (QED) is 0.0957. The highest BCUT2D eigenvalue weighted by atomic mass is 35.5. The molecule has 4 aromatic carbocycles. The molecule has 2 saturated heterocycles. The summed E-state index contributed by atoms with van der Waals surface area (Å²) in [6, 6.07) is 26.1.